The molecule has 0 aromatic heterocycles. The van der Waals surface area contributed by atoms with E-state index >= 15 is 0 Å². The Morgan fingerprint density at radius 1 is 1.24 bits per heavy atom. The van der Waals surface area contributed by atoms with Gasteiger partial charge in [0.15, 0.2) is 0 Å². The van der Waals surface area contributed by atoms with Gasteiger partial charge in [-0.25, -0.2) is 0 Å². The van der Waals surface area contributed by atoms with Gasteiger partial charge in [0.2, 0.25) is 0 Å². The highest BCUT2D eigenvalue weighted by molar-refractivity contribution is 7.98. The normalized spacial score (nSPS) is 23.9. The summed E-state index contributed by atoms with van der Waals surface area (Å²) in [5.41, 5.74) is 0.857. The summed E-state index contributed by atoms with van der Waals surface area (Å²) in [7, 11) is 0. The zero-order valence-electron chi connectivity index (χ0n) is 12.9. The first kappa shape index (κ1) is 14.9. The van der Waals surface area contributed by atoms with Crippen molar-refractivity contribution >= 4 is 17.7 Å². The highest BCUT2D eigenvalue weighted by Crippen LogP contribution is 2.27. The Hall–Kier alpha value is -1.00. The van der Waals surface area contributed by atoms with Crippen molar-refractivity contribution in [1.82, 2.24) is 9.80 Å². The van der Waals surface area contributed by atoms with Gasteiger partial charge in [0, 0.05) is 30.1 Å². The molecule has 3 nitrogen and oxygen atoms in total. The van der Waals surface area contributed by atoms with Crippen molar-refractivity contribution in [3.8, 4) is 0 Å². The van der Waals surface area contributed by atoms with Crippen molar-refractivity contribution in [3.63, 3.8) is 0 Å². The van der Waals surface area contributed by atoms with Crippen molar-refractivity contribution < 1.29 is 4.79 Å². The minimum absolute atomic E-state index is 0.195. The van der Waals surface area contributed by atoms with Gasteiger partial charge in [-0.2, -0.15) is 0 Å². The van der Waals surface area contributed by atoms with Gasteiger partial charge >= 0.3 is 0 Å². The van der Waals surface area contributed by atoms with Gasteiger partial charge in [0.1, 0.15) is 0 Å². The molecule has 2 fully saturated rings. The third-order valence-electron chi connectivity index (χ3n) is 4.81. The van der Waals surface area contributed by atoms with E-state index in [0.717, 1.165) is 23.5 Å². The number of nitrogens with zero attached hydrogens (tertiary/aromatic N) is 2. The van der Waals surface area contributed by atoms with Crippen LogP contribution in [0.5, 0.6) is 0 Å². The Kier molecular flexibility index (Phi) is 4.55. The number of likely N-dealkylation sites (tertiary alicyclic amines) is 2. The van der Waals surface area contributed by atoms with E-state index in [0.29, 0.717) is 12.1 Å². The molecule has 1 aromatic rings. The van der Waals surface area contributed by atoms with E-state index in [4.69, 9.17) is 0 Å². The van der Waals surface area contributed by atoms with Crippen LogP contribution in [0, 0.1) is 0 Å². The third kappa shape index (κ3) is 2.97. The molecular formula is C17H24N2OS. The number of thioether (sulfide) groups is 1. The zero-order chi connectivity index (χ0) is 14.8. The number of carbonyl (C=O) groups excluding carboxylic acids is 1. The van der Waals surface area contributed by atoms with Gasteiger partial charge in [-0.05, 0) is 44.7 Å². The first-order chi connectivity index (χ1) is 10.2. The van der Waals surface area contributed by atoms with Crippen molar-refractivity contribution in [1.29, 1.82) is 0 Å². The molecule has 2 aliphatic rings. The maximum Gasteiger partial charge on any atom is 0.255 e. The van der Waals surface area contributed by atoms with E-state index in [1.807, 2.05) is 35.4 Å². The lowest BCUT2D eigenvalue weighted by Gasteiger charge is -2.49. The number of hydrogen-bond donors (Lipinski definition) is 0. The molecule has 1 atom stereocenters. The third-order valence-corrected chi connectivity index (χ3v) is 5.61. The average Bonchev–Trinajstić information content (AvgIpc) is 2.47. The van der Waals surface area contributed by atoms with Gasteiger partial charge in [-0.1, -0.05) is 18.6 Å². The standard InChI is InChI=1S/C17H24N2OS/c1-13-7-5-6-10-19(13)14-11-18(12-14)17(20)15-8-3-4-9-16(15)21-2/h3-4,8-9,13-14H,5-7,10-12H2,1-2H3. The second-order valence-corrected chi connectivity index (χ2v) is 6.99. The molecule has 114 valence electrons. The first-order valence-electron chi connectivity index (χ1n) is 7.88. The van der Waals surface area contributed by atoms with Crippen LogP contribution in [-0.2, 0) is 0 Å². The van der Waals surface area contributed by atoms with Gasteiger partial charge in [-0.15, -0.1) is 11.8 Å². The number of carbonyl (C=O) groups is 1. The predicted molar refractivity (Wildman–Crippen MR) is 87.9 cm³/mol. The van der Waals surface area contributed by atoms with E-state index in [9.17, 15) is 4.79 Å². The van der Waals surface area contributed by atoms with Crippen LogP contribution in [0.15, 0.2) is 29.2 Å². The molecule has 3 rings (SSSR count). The number of rotatable bonds is 3. The number of amides is 1. The summed E-state index contributed by atoms with van der Waals surface area (Å²) < 4.78 is 0. The molecule has 0 N–H and O–H groups in total. The molecule has 0 aliphatic carbocycles. The Bertz CT molecular complexity index is 513. The minimum Gasteiger partial charge on any atom is -0.335 e. The molecule has 0 spiro atoms. The lowest BCUT2D eigenvalue weighted by molar-refractivity contribution is 0.00194. The Morgan fingerprint density at radius 2 is 2.00 bits per heavy atom. The predicted octanol–water partition coefficient (Wildman–Crippen LogP) is 3.11. The second kappa shape index (κ2) is 6.41. The van der Waals surface area contributed by atoms with Crippen LogP contribution in [0.25, 0.3) is 0 Å². The van der Waals surface area contributed by atoms with Crippen molar-refractivity contribution in [3.05, 3.63) is 29.8 Å². The summed E-state index contributed by atoms with van der Waals surface area (Å²) in [5.74, 6) is 0.195. The van der Waals surface area contributed by atoms with Crippen LogP contribution < -0.4 is 0 Å². The molecule has 2 aliphatic heterocycles. The van der Waals surface area contributed by atoms with Crippen LogP contribution in [0.1, 0.15) is 36.5 Å². The molecule has 1 aromatic carbocycles. The van der Waals surface area contributed by atoms with Crippen molar-refractivity contribution in [2.75, 3.05) is 25.9 Å². The molecular weight excluding hydrogens is 280 g/mol. The van der Waals surface area contributed by atoms with Gasteiger partial charge in [0.05, 0.1) is 5.56 Å². The van der Waals surface area contributed by atoms with E-state index < -0.39 is 0 Å². The maximum absolute atomic E-state index is 12.6. The summed E-state index contributed by atoms with van der Waals surface area (Å²) in [6, 6.07) is 9.19. The smallest absolute Gasteiger partial charge is 0.255 e. The van der Waals surface area contributed by atoms with Crippen LogP contribution in [-0.4, -0.2) is 53.7 Å². The van der Waals surface area contributed by atoms with E-state index in [2.05, 4.69) is 11.8 Å². The Balaban J connectivity index is 1.62. The summed E-state index contributed by atoms with van der Waals surface area (Å²) in [4.78, 5) is 18.3. The van der Waals surface area contributed by atoms with E-state index in [1.54, 1.807) is 11.8 Å². The SMILES string of the molecule is CSc1ccccc1C(=O)N1CC(N2CCCCC2C)C1. The van der Waals surface area contributed by atoms with Gasteiger partial charge < -0.3 is 4.90 Å². The number of benzene rings is 1. The molecule has 4 heteroatoms. The highest BCUT2D eigenvalue weighted by Gasteiger charge is 2.37. The number of hydrogen-bond acceptors (Lipinski definition) is 3. The lowest BCUT2D eigenvalue weighted by atomic mass is 9.97. The molecule has 2 saturated heterocycles. The zero-order valence-corrected chi connectivity index (χ0v) is 13.7. The Labute approximate surface area is 131 Å². The van der Waals surface area contributed by atoms with Gasteiger partial charge in [0.25, 0.3) is 5.91 Å². The van der Waals surface area contributed by atoms with Gasteiger partial charge in [-0.3, -0.25) is 9.69 Å². The molecule has 0 radical (unpaired) electrons. The molecule has 21 heavy (non-hydrogen) atoms. The first-order valence-corrected chi connectivity index (χ1v) is 9.11. The van der Waals surface area contributed by atoms with Crippen LogP contribution in [0.4, 0.5) is 0 Å². The quantitative estimate of drug-likeness (QED) is 0.802. The lowest BCUT2D eigenvalue weighted by Crippen LogP contribution is -2.63. The van der Waals surface area contributed by atoms with Crippen molar-refractivity contribution in [2.45, 2.75) is 43.2 Å². The average molecular weight is 304 g/mol. The second-order valence-electron chi connectivity index (χ2n) is 6.15. The topological polar surface area (TPSA) is 23.6 Å². The van der Waals surface area contributed by atoms with Crippen molar-refractivity contribution in [2.24, 2.45) is 0 Å². The maximum atomic E-state index is 12.6. The fourth-order valence-electron chi connectivity index (χ4n) is 3.49. The number of piperidine rings is 1. The largest absolute Gasteiger partial charge is 0.335 e. The Morgan fingerprint density at radius 3 is 2.71 bits per heavy atom. The summed E-state index contributed by atoms with van der Waals surface area (Å²) >= 11 is 1.65. The minimum atomic E-state index is 0.195. The molecule has 1 amide bonds. The van der Waals surface area contributed by atoms with E-state index in [1.165, 1.54) is 25.8 Å². The van der Waals surface area contributed by atoms with Crippen LogP contribution in [0.2, 0.25) is 0 Å². The molecule has 2 heterocycles. The van der Waals surface area contributed by atoms with E-state index in [-0.39, 0.29) is 5.91 Å². The summed E-state index contributed by atoms with van der Waals surface area (Å²) in [6.45, 7) is 5.32. The fraction of sp³-hybridized carbons (Fsp3) is 0.588. The highest BCUT2D eigenvalue weighted by atomic mass is 32.2. The molecule has 0 saturated carbocycles. The monoisotopic (exact) mass is 304 g/mol. The van der Waals surface area contributed by atoms with Crippen LogP contribution >= 0.6 is 11.8 Å². The summed E-state index contributed by atoms with van der Waals surface area (Å²) in [5, 5.41) is 0. The fourth-order valence-corrected chi connectivity index (χ4v) is 4.08. The molecule has 1 unspecified atom stereocenters. The summed E-state index contributed by atoms with van der Waals surface area (Å²) in [6.07, 6.45) is 6.00. The molecule has 0 bridgehead atoms. The van der Waals surface area contributed by atoms with Crippen LogP contribution in [0.3, 0.4) is 0 Å².